The van der Waals surface area contributed by atoms with Gasteiger partial charge in [0.05, 0.1) is 26.4 Å². The summed E-state index contributed by atoms with van der Waals surface area (Å²) in [6.45, 7) is 4.97. The lowest BCUT2D eigenvalue weighted by molar-refractivity contribution is -0.348. The molecule has 1 N–H and O–H groups in total. The van der Waals surface area contributed by atoms with Crippen molar-refractivity contribution in [2.45, 2.75) is 62.2 Å². The Morgan fingerprint density at radius 1 is 0.872 bits per heavy atom. The summed E-state index contributed by atoms with van der Waals surface area (Å²) >= 11 is 0. The van der Waals surface area contributed by atoms with Crippen LogP contribution in [0, 0.1) is 0 Å². The van der Waals surface area contributed by atoms with E-state index in [9.17, 15) is 5.11 Å². The zero-order chi connectivity index (χ0) is 27.1. The van der Waals surface area contributed by atoms with Crippen LogP contribution < -0.4 is 0 Å². The molecule has 0 radical (unpaired) electrons. The highest BCUT2D eigenvalue weighted by Gasteiger charge is 2.68. The van der Waals surface area contributed by atoms with Crippen molar-refractivity contribution in [2.24, 2.45) is 0 Å². The summed E-state index contributed by atoms with van der Waals surface area (Å²) in [7, 11) is 1.55. The Balaban J connectivity index is 1.54. The molecule has 3 aromatic rings. The average Bonchev–Trinajstić information content (AvgIpc) is 3.38. The van der Waals surface area contributed by atoms with E-state index in [1.165, 1.54) is 6.08 Å². The van der Waals surface area contributed by atoms with Crippen molar-refractivity contribution in [3.63, 3.8) is 0 Å². The first-order valence-corrected chi connectivity index (χ1v) is 13.2. The van der Waals surface area contributed by atoms with E-state index in [1.807, 2.05) is 91.0 Å². The number of fused-ring (bicyclic) bond motifs is 1. The van der Waals surface area contributed by atoms with Crippen LogP contribution in [0.3, 0.4) is 0 Å². The van der Waals surface area contributed by atoms with Crippen molar-refractivity contribution in [1.82, 2.24) is 0 Å². The van der Waals surface area contributed by atoms with Crippen LogP contribution in [0.2, 0.25) is 0 Å². The first-order chi connectivity index (χ1) is 19.2. The molecule has 0 bridgehead atoms. The predicted molar refractivity (Wildman–Crippen MR) is 146 cm³/mol. The fourth-order valence-electron chi connectivity index (χ4n) is 5.37. The molecule has 7 heteroatoms. The Labute approximate surface area is 229 Å². The summed E-state index contributed by atoms with van der Waals surface area (Å²) in [5.74, 6) is 0. The van der Waals surface area contributed by atoms with Crippen molar-refractivity contribution in [3.8, 4) is 0 Å². The van der Waals surface area contributed by atoms with E-state index < -0.39 is 42.4 Å². The number of hydrogen-bond acceptors (Lipinski definition) is 7. The molecule has 0 spiro atoms. The molecule has 7 nitrogen and oxygen atoms in total. The van der Waals surface area contributed by atoms with E-state index >= 15 is 0 Å². The molecule has 3 aromatic carbocycles. The molecule has 2 aliphatic rings. The van der Waals surface area contributed by atoms with Crippen LogP contribution in [0.1, 0.15) is 16.7 Å². The van der Waals surface area contributed by atoms with Gasteiger partial charge in [0.15, 0.2) is 11.9 Å². The Bertz CT molecular complexity index is 1160. The number of benzene rings is 3. The molecule has 7 atom stereocenters. The van der Waals surface area contributed by atoms with Gasteiger partial charge in [-0.15, -0.1) is 6.58 Å². The third kappa shape index (κ3) is 6.00. The molecule has 0 aromatic heterocycles. The highest BCUT2D eigenvalue weighted by Crippen LogP contribution is 2.46. The zero-order valence-electron chi connectivity index (χ0n) is 22.1. The molecule has 0 aliphatic carbocycles. The predicted octanol–water partition coefficient (Wildman–Crippen LogP) is 4.43. The third-order valence-corrected chi connectivity index (χ3v) is 7.37. The van der Waals surface area contributed by atoms with Gasteiger partial charge >= 0.3 is 0 Å². The van der Waals surface area contributed by atoms with Gasteiger partial charge in [0, 0.05) is 7.11 Å². The van der Waals surface area contributed by atoms with Gasteiger partial charge in [0.1, 0.15) is 30.5 Å². The van der Waals surface area contributed by atoms with Gasteiger partial charge in [-0.25, -0.2) is 0 Å². The lowest BCUT2D eigenvalue weighted by Crippen LogP contribution is -2.72. The molecular formula is C32H36O7. The van der Waals surface area contributed by atoms with E-state index in [2.05, 4.69) is 6.58 Å². The second-order valence-corrected chi connectivity index (χ2v) is 9.82. The Kier molecular flexibility index (Phi) is 9.21. The van der Waals surface area contributed by atoms with Gasteiger partial charge in [0.25, 0.3) is 0 Å². The monoisotopic (exact) mass is 532 g/mol. The van der Waals surface area contributed by atoms with Crippen LogP contribution in [0.25, 0.3) is 0 Å². The number of methoxy groups -OCH3 is 1. The van der Waals surface area contributed by atoms with Gasteiger partial charge in [-0.2, -0.15) is 0 Å². The van der Waals surface area contributed by atoms with Crippen LogP contribution in [-0.2, 0) is 48.2 Å². The van der Waals surface area contributed by atoms with Crippen LogP contribution in [0.4, 0.5) is 0 Å². The highest BCUT2D eigenvalue weighted by atomic mass is 16.7. The molecule has 206 valence electrons. The fourth-order valence-corrected chi connectivity index (χ4v) is 5.37. The average molecular weight is 533 g/mol. The molecule has 2 heterocycles. The highest BCUT2D eigenvalue weighted by molar-refractivity contribution is 5.20. The van der Waals surface area contributed by atoms with E-state index in [-0.39, 0.29) is 19.8 Å². The maximum atomic E-state index is 11.1. The second kappa shape index (κ2) is 13.0. The molecular weight excluding hydrogens is 496 g/mol. The molecule has 2 aliphatic heterocycles. The molecule has 0 saturated carbocycles. The van der Waals surface area contributed by atoms with Crippen LogP contribution in [0.15, 0.2) is 104 Å². The summed E-state index contributed by atoms with van der Waals surface area (Å²) in [5, 5.41) is 11.1. The number of ether oxygens (including phenoxy) is 6. The molecule has 39 heavy (non-hydrogen) atoms. The minimum absolute atomic E-state index is 0.248. The number of aliphatic hydroxyl groups is 1. The Hall–Kier alpha value is -2.88. The van der Waals surface area contributed by atoms with Gasteiger partial charge in [-0.3, -0.25) is 0 Å². The number of rotatable bonds is 12. The van der Waals surface area contributed by atoms with Crippen molar-refractivity contribution >= 4 is 0 Å². The van der Waals surface area contributed by atoms with E-state index in [4.69, 9.17) is 28.4 Å². The van der Waals surface area contributed by atoms with Crippen molar-refractivity contribution in [1.29, 1.82) is 0 Å². The first-order valence-electron chi connectivity index (χ1n) is 13.2. The topological polar surface area (TPSA) is 75.6 Å². The standard InChI is InChI=1S/C32H36O7/c1-3-26(33)28-29(36-20-24-15-9-5-10-16-24)32(38-21-25-17-11-6-12-18-25)27(22-37-30(32)31(34-2)39-28)35-19-23-13-7-4-8-14-23/h3-18,26-31,33H,1,19-22H2,2H3/t26-,27-,28?,29?,30?,31?,32?/m0/s1. The van der Waals surface area contributed by atoms with E-state index in [0.29, 0.717) is 6.61 Å². The summed E-state index contributed by atoms with van der Waals surface area (Å²) in [6, 6.07) is 29.7. The largest absolute Gasteiger partial charge is 0.386 e. The van der Waals surface area contributed by atoms with Gasteiger partial charge in [0.2, 0.25) is 0 Å². The molecule has 2 saturated heterocycles. The van der Waals surface area contributed by atoms with Gasteiger partial charge in [-0.1, -0.05) is 97.1 Å². The Morgan fingerprint density at radius 2 is 1.41 bits per heavy atom. The van der Waals surface area contributed by atoms with Crippen LogP contribution >= 0.6 is 0 Å². The zero-order valence-corrected chi connectivity index (χ0v) is 22.1. The maximum Gasteiger partial charge on any atom is 0.187 e. The van der Waals surface area contributed by atoms with Gasteiger partial charge < -0.3 is 33.5 Å². The minimum Gasteiger partial charge on any atom is -0.386 e. The molecule has 0 amide bonds. The summed E-state index contributed by atoms with van der Waals surface area (Å²) < 4.78 is 38.3. The minimum atomic E-state index is -1.16. The summed E-state index contributed by atoms with van der Waals surface area (Å²) in [6.07, 6.45) is -3.23. The normalized spacial score (nSPS) is 29.0. The maximum absolute atomic E-state index is 11.1. The van der Waals surface area contributed by atoms with E-state index in [0.717, 1.165) is 16.7 Å². The van der Waals surface area contributed by atoms with Gasteiger partial charge in [-0.05, 0) is 16.7 Å². The number of aliphatic hydroxyl groups excluding tert-OH is 1. The lowest BCUT2D eigenvalue weighted by atomic mass is 9.79. The quantitative estimate of drug-likeness (QED) is 0.346. The number of hydrogen-bond donors (Lipinski definition) is 1. The summed E-state index contributed by atoms with van der Waals surface area (Å²) in [4.78, 5) is 0. The van der Waals surface area contributed by atoms with Crippen molar-refractivity contribution in [2.75, 3.05) is 13.7 Å². The van der Waals surface area contributed by atoms with Crippen LogP contribution in [0.5, 0.6) is 0 Å². The lowest BCUT2D eigenvalue weighted by Gasteiger charge is -2.52. The molecule has 5 unspecified atom stereocenters. The first kappa shape index (κ1) is 27.7. The summed E-state index contributed by atoms with van der Waals surface area (Å²) in [5.41, 5.74) is 1.84. The molecule has 2 fully saturated rings. The van der Waals surface area contributed by atoms with E-state index in [1.54, 1.807) is 7.11 Å². The van der Waals surface area contributed by atoms with Crippen LogP contribution in [-0.4, -0.2) is 61.2 Å². The fraction of sp³-hybridized carbons (Fsp3) is 0.375. The molecule has 5 rings (SSSR count). The smallest absolute Gasteiger partial charge is 0.187 e. The van der Waals surface area contributed by atoms with Crippen molar-refractivity contribution < 1.29 is 33.5 Å². The third-order valence-electron chi connectivity index (χ3n) is 7.37. The Morgan fingerprint density at radius 3 is 1.95 bits per heavy atom. The SMILES string of the molecule is C=C[C@H](O)C1OC(OC)C2OC[C@H](OCc3ccccc3)C2(OCc2ccccc2)C1OCc1ccccc1. The van der Waals surface area contributed by atoms with Crippen molar-refractivity contribution in [3.05, 3.63) is 120 Å². The second-order valence-electron chi connectivity index (χ2n) is 9.82.